The number of hydrogen-bond acceptors (Lipinski definition) is 3. The molecule has 1 amide bonds. The van der Waals surface area contributed by atoms with E-state index >= 15 is 0 Å². The van der Waals surface area contributed by atoms with Crippen molar-refractivity contribution in [1.82, 2.24) is 9.88 Å². The van der Waals surface area contributed by atoms with Gasteiger partial charge in [0, 0.05) is 42.5 Å². The number of carbonyl (C=O) groups is 1. The summed E-state index contributed by atoms with van der Waals surface area (Å²) in [5, 5.41) is 4.35. The highest BCUT2D eigenvalue weighted by atomic mass is 16.1. The molecule has 0 saturated carbocycles. The first kappa shape index (κ1) is 21.1. The maximum Gasteiger partial charge on any atom is 0.255 e. The fraction of sp³-hybridized carbons (Fsp3) is 0.172. The molecule has 1 aromatic heterocycles. The first-order valence-electron chi connectivity index (χ1n) is 11.3. The van der Waals surface area contributed by atoms with E-state index in [1.165, 1.54) is 22.1 Å². The zero-order valence-electron chi connectivity index (χ0n) is 18.8. The van der Waals surface area contributed by atoms with Crippen LogP contribution in [-0.4, -0.2) is 22.3 Å². The summed E-state index contributed by atoms with van der Waals surface area (Å²) in [4.78, 5) is 19.8. The van der Waals surface area contributed by atoms with E-state index in [-0.39, 0.29) is 5.91 Å². The van der Waals surface area contributed by atoms with Crippen molar-refractivity contribution in [2.45, 2.75) is 26.4 Å². The Labute approximate surface area is 194 Å². The molecule has 4 aromatic rings. The lowest BCUT2D eigenvalue weighted by molar-refractivity contribution is 0.102. The molecule has 4 heteroatoms. The summed E-state index contributed by atoms with van der Waals surface area (Å²) >= 11 is 0. The Balaban J connectivity index is 1.32. The topological polar surface area (TPSA) is 45.2 Å². The van der Waals surface area contributed by atoms with E-state index in [1.54, 1.807) is 0 Å². The van der Waals surface area contributed by atoms with E-state index in [4.69, 9.17) is 0 Å². The van der Waals surface area contributed by atoms with E-state index in [1.807, 2.05) is 55.6 Å². The minimum Gasteiger partial charge on any atom is -0.322 e. The van der Waals surface area contributed by atoms with E-state index in [9.17, 15) is 4.79 Å². The molecule has 0 aliphatic carbocycles. The van der Waals surface area contributed by atoms with Gasteiger partial charge in [-0.15, -0.1) is 0 Å². The van der Waals surface area contributed by atoms with Gasteiger partial charge < -0.3 is 5.32 Å². The molecular weight excluding hydrogens is 406 g/mol. The summed E-state index contributed by atoms with van der Waals surface area (Å²) < 4.78 is 0. The van der Waals surface area contributed by atoms with Gasteiger partial charge in [-0.3, -0.25) is 14.7 Å². The zero-order valence-corrected chi connectivity index (χ0v) is 18.8. The van der Waals surface area contributed by atoms with Crippen LogP contribution >= 0.6 is 0 Å². The van der Waals surface area contributed by atoms with Crippen molar-refractivity contribution in [1.29, 1.82) is 0 Å². The Morgan fingerprint density at radius 3 is 2.61 bits per heavy atom. The average molecular weight is 434 g/mol. The summed E-state index contributed by atoms with van der Waals surface area (Å²) in [6.45, 7) is 8.61. The highest BCUT2D eigenvalue weighted by Crippen LogP contribution is 2.28. The van der Waals surface area contributed by atoms with Crippen LogP contribution in [-0.2, 0) is 19.5 Å². The number of nitrogens with zero attached hydrogens (tertiary/aromatic N) is 2. The normalized spacial score (nSPS) is 13.5. The quantitative estimate of drug-likeness (QED) is 0.415. The van der Waals surface area contributed by atoms with Crippen molar-refractivity contribution in [3.63, 3.8) is 0 Å². The third-order valence-electron chi connectivity index (χ3n) is 6.37. The van der Waals surface area contributed by atoms with Gasteiger partial charge in [0.05, 0.1) is 5.52 Å². The molecule has 2 heterocycles. The number of fused-ring (bicyclic) bond motifs is 2. The number of pyridine rings is 1. The highest BCUT2D eigenvalue weighted by molar-refractivity contribution is 6.04. The third kappa shape index (κ3) is 4.43. The molecular formula is C29H27N3O. The number of para-hydroxylation sites is 1. The number of carbonyl (C=O) groups excluding carboxylic acids is 1. The van der Waals surface area contributed by atoms with Gasteiger partial charge in [0.15, 0.2) is 0 Å². The van der Waals surface area contributed by atoms with E-state index in [2.05, 4.69) is 52.1 Å². The van der Waals surface area contributed by atoms with Crippen LogP contribution in [0.15, 0.2) is 85.6 Å². The zero-order chi connectivity index (χ0) is 22.8. The van der Waals surface area contributed by atoms with Gasteiger partial charge in [-0.2, -0.15) is 0 Å². The summed E-state index contributed by atoms with van der Waals surface area (Å²) in [7, 11) is 0. The van der Waals surface area contributed by atoms with Gasteiger partial charge in [0.2, 0.25) is 0 Å². The summed E-state index contributed by atoms with van der Waals surface area (Å²) in [6.07, 6.45) is 2.80. The molecule has 0 fully saturated rings. The van der Waals surface area contributed by atoms with Gasteiger partial charge in [-0.05, 0) is 65.9 Å². The second kappa shape index (κ2) is 9.00. The predicted octanol–water partition coefficient (Wildman–Crippen LogP) is 6.08. The average Bonchev–Trinajstić information content (AvgIpc) is 2.84. The molecule has 1 aliphatic heterocycles. The lowest BCUT2D eigenvalue weighted by Crippen LogP contribution is -2.31. The molecule has 4 nitrogen and oxygen atoms in total. The number of allylic oxidation sites excluding steroid dienone is 1. The maximum absolute atomic E-state index is 12.9. The first-order chi connectivity index (χ1) is 16.1. The summed E-state index contributed by atoms with van der Waals surface area (Å²) in [5.41, 5.74) is 8.44. The monoisotopic (exact) mass is 433 g/mol. The molecule has 1 N–H and O–H groups in total. The number of anilines is 1. The molecule has 3 aromatic carbocycles. The third-order valence-corrected chi connectivity index (χ3v) is 6.37. The molecule has 0 spiro atoms. The van der Waals surface area contributed by atoms with Crippen LogP contribution in [0, 0.1) is 0 Å². The predicted molar refractivity (Wildman–Crippen MR) is 135 cm³/mol. The van der Waals surface area contributed by atoms with Gasteiger partial charge in [-0.1, -0.05) is 54.6 Å². The number of benzene rings is 3. The van der Waals surface area contributed by atoms with Crippen molar-refractivity contribution >= 4 is 28.1 Å². The second-order valence-electron chi connectivity index (χ2n) is 8.70. The number of aromatic nitrogens is 1. The Kier molecular flexibility index (Phi) is 5.76. The standard InChI is InChI=1S/C29H27N3O/c1-20(2)21-10-12-22(13-11-21)29(33)31-28-9-5-6-23-18-32(17-15-26(23)28)19-24-14-16-30-27-8-4-3-7-25(24)27/h3-14,16H,1,15,17-19H2,2H3,(H,31,33). The minimum absolute atomic E-state index is 0.0812. The number of amides is 1. The molecule has 0 saturated heterocycles. The second-order valence-corrected chi connectivity index (χ2v) is 8.70. The van der Waals surface area contributed by atoms with Gasteiger partial charge in [0.25, 0.3) is 5.91 Å². The summed E-state index contributed by atoms with van der Waals surface area (Å²) in [5.74, 6) is -0.0812. The lowest BCUT2D eigenvalue weighted by Gasteiger charge is -2.30. The van der Waals surface area contributed by atoms with Crippen molar-refractivity contribution in [2.24, 2.45) is 0 Å². The van der Waals surface area contributed by atoms with E-state index in [0.717, 1.165) is 48.4 Å². The van der Waals surface area contributed by atoms with E-state index < -0.39 is 0 Å². The fourth-order valence-electron chi connectivity index (χ4n) is 4.55. The van der Waals surface area contributed by atoms with Crippen LogP contribution in [0.3, 0.4) is 0 Å². The fourth-order valence-corrected chi connectivity index (χ4v) is 4.55. The largest absolute Gasteiger partial charge is 0.322 e. The Morgan fingerprint density at radius 1 is 1.00 bits per heavy atom. The number of hydrogen-bond donors (Lipinski definition) is 1. The Bertz CT molecular complexity index is 1340. The number of nitrogens with one attached hydrogen (secondary N) is 1. The Morgan fingerprint density at radius 2 is 1.79 bits per heavy atom. The van der Waals surface area contributed by atoms with Crippen molar-refractivity contribution in [3.8, 4) is 0 Å². The van der Waals surface area contributed by atoms with Crippen LogP contribution in [0.5, 0.6) is 0 Å². The van der Waals surface area contributed by atoms with Crippen LogP contribution in [0.1, 0.15) is 39.5 Å². The molecule has 33 heavy (non-hydrogen) atoms. The molecule has 0 bridgehead atoms. The molecule has 0 unspecified atom stereocenters. The number of rotatable bonds is 5. The minimum atomic E-state index is -0.0812. The van der Waals surface area contributed by atoms with Gasteiger partial charge in [0.1, 0.15) is 0 Å². The highest BCUT2D eigenvalue weighted by Gasteiger charge is 2.20. The van der Waals surface area contributed by atoms with Crippen LogP contribution < -0.4 is 5.32 Å². The smallest absolute Gasteiger partial charge is 0.255 e. The van der Waals surface area contributed by atoms with Crippen LogP contribution in [0.2, 0.25) is 0 Å². The first-order valence-corrected chi connectivity index (χ1v) is 11.3. The van der Waals surface area contributed by atoms with Gasteiger partial charge >= 0.3 is 0 Å². The van der Waals surface area contributed by atoms with Crippen molar-refractivity contribution < 1.29 is 4.79 Å². The molecule has 164 valence electrons. The SMILES string of the molecule is C=C(C)c1ccc(C(=O)Nc2cccc3c2CCN(Cc2ccnc4ccccc24)C3)cc1. The maximum atomic E-state index is 12.9. The molecule has 5 rings (SSSR count). The van der Waals surface area contributed by atoms with Gasteiger partial charge in [-0.25, -0.2) is 0 Å². The van der Waals surface area contributed by atoms with Crippen molar-refractivity contribution in [3.05, 3.63) is 113 Å². The van der Waals surface area contributed by atoms with Crippen LogP contribution in [0.4, 0.5) is 5.69 Å². The lowest BCUT2D eigenvalue weighted by atomic mass is 9.96. The molecule has 1 aliphatic rings. The summed E-state index contributed by atoms with van der Waals surface area (Å²) in [6, 6.07) is 24.2. The Hall–Kier alpha value is -3.76. The molecule has 0 radical (unpaired) electrons. The molecule has 0 atom stereocenters. The van der Waals surface area contributed by atoms with E-state index in [0.29, 0.717) is 5.56 Å². The van der Waals surface area contributed by atoms with Crippen LogP contribution in [0.25, 0.3) is 16.5 Å². The van der Waals surface area contributed by atoms with Crippen molar-refractivity contribution in [2.75, 3.05) is 11.9 Å².